The van der Waals surface area contributed by atoms with Crippen molar-refractivity contribution in [2.45, 2.75) is 60.8 Å². The molecule has 0 radical (unpaired) electrons. The number of hydrogen-bond acceptors (Lipinski definition) is 2. The molecule has 0 spiro atoms. The van der Waals surface area contributed by atoms with E-state index in [0.717, 1.165) is 53.2 Å². The van der Waals surface area contributed by atoms with E-state index in [1.54, 1.807) is 0 Å². The predicted octanol–water partition coefficient (Wildman–Crippen LogP) is 6.91. The molecule has 1 aliphatic heterocycles. The van der Waals surface area contributed by atoms with Crippen LogP contribution in [0.4, 0.5) is 0 Å². The summed E-state index contributed by atoms with van der Waals surface area (Å²) in [5, 5.41) is 0. The van der Waals surface area contributed by atoms with E-state index in [1.165, 1.54) is 0 Å². The molecule has 0 fully saturated rings. The SMILES string of the molecule is CC.CC.CC.[Pt+2].[c-]1c2cccc1-c1cccc(n1)C[CH-]Cc1cccc(n1)C2. The summed E-state index contributed by atoms with van der Waals surface area (Å²) in [4.78, 5) is 9.51. The molecule has 1 aromatic carbocycles. The van der Waals surface area contributed by atoms with Crippen LogP contribution in [0.5, 0.6) is 0 Å². The van der Waals surface area contributed by atoms with Crippen LogP contribution in [-0.2, 0) is 40.3 Å². The van der Waals surface area contributed by atoms with Crippen LogP contribution in [-0.4, -0.2) is 9.97 Å². The van der Waals surface area contributed by atoms with Crippen molar-refractivity contribution in [3.05, 3.63) is 89.7 Å². The number of aromatic nitrogens is 2. The molecule has 3 heteroatoms. The predicted molar refractivity (Wildman–Crippen MR) is 121 cm³/mol. The monoisotopic (exact) mass is 569 g/mol. The Morgan fingerprint density at radius 2 is 1.24 bits per heavy atom. The Labute approximate surface area is 192 Å². The fourth-order valence-electron chi connectivity index (χ4n) is 2.82. The van der Waals surface area contributed by atoms with Gasteiger partial charge in [0, 0.05) is 17.1 Å². The molecule has 0 N–H and O–H groups in total. The molecule has 2 nitrogen and oxygen atoms in total. The second-order valence-corrected chi connectivity index (χ2v) is 5.60. The van der Waals surface area contributed by atoms with Gasteiger partial charge in [0.2, 0.25) is 0 Å². The minimum atomic E-state index is 0. The Morgan fingerprint density at radius 3 is 1.93 bits per heavy atom. The Morgan fingerprint density at radius 1 is 0.690 bits per heavy atom. The van der Waals surface area contributed by atoms with Crippen LogP contribution >= 0.6 is 0 Å². The van der Waals surface area contributed by atoms with Gasteiger partial charge in [0.25, 0.3) is 0 Å². The smallest absolute Gasteiger partial charge is 0.317 e. The molecular weight excluding hydrogens is 535 g/mol. The van der Waals surface area contributed by atoms with Gasteiger partial charge in [0.15, 0.2) is 0 Å². The van der Waals surface area contributed by atoms with Gasteiger partial charge in [-0.15, -0.1) is 48.2 Å². The van der Waals surface area contributed by atoms with Crippen molar-refractivity contribution in [3.63, 3.8) is 0 Å². The summed E-state index contributed by atoms with van der Waals surface area (Å²) in [6.45, 7) is 12.0. The van der Waals surface area contributed by atoms with E-state index in [2.05, 4.69) is 67.1 Å². The van der Waals surface area contributed by atoms with Gasteiger partial charge in [-0.3, -0.25) is 4.98 Å². The van der Waals surface area contributed by atoms with Crippen LogP contribution < -0.4 is 0 Å². The summed E-state index contributed by atoms with van der Waals surface area (Å²) in [6, 6.07) is 22.2. The molecule has 2 aromatic heterocycles. The van der Waals surface area contributed by atoms with Crippen molar-refractivity contribution in [1.29, 1.82) is 0 Å². The summed E-state index contributed by atoms with van der Waals surface area (Å²) in [7, 11) is 0. The van der Waals surface area contributed by atoms with Crippen LogP contribution in [0.3, 0.4) is 0 Å². The van der Waals surface area contributed by atoms with Crippen molar-refractivity contribution >= 4 is 0 Å². The van der Waals surface area contributed by atoms with E-state index >= 15 is 0 Å². The Hall–Kier alpha value is -1.79. The van der Waals surface area contributed by atoms with E-state index in [4.69, 9.17) is 9.97 Å². The second-order valence-electron chi connectivity index (χ2n) is 5.60. The topological polar surface area (TPSA) is 25.8 Å². The number of benzene rings is 1. The molecule has 0 saturated heterocycles. The summed E-state index contributed by atoms with van der Waals surface area (Å²) in [6.07, 6.45) is 4.79. The third-order valence-corrected chi connectivity index (χ3v) is 3.88. The molecule has 3 aromatic rings. The molecule has 1 aliphatic rings. The third kappa shape index (κ3) is 8.62. The molecule has 6 bridgehead atoms. The summed E-state index contributed by atoms with van der Waals surface area (Å²) >= 11 is 0. The second kappa shape index (κ2) is 16.1. The molecule has 0 unspecified atom stereocenters. The summed E-state index contributed by atoms with van der Waals surface area (Å²) in [5.74, 6) is 0. The van der Waals surface area contributed by atoms with Gasteiger partial charge in [-0.2, -0.15) is 0 Å². The van der Waals surface area contributed by atoms with E-state index < -0.39 is 0 Å². The van der Waals surface area contributed by atoms with Crippen LogP contribution in [0.2, 0.25) is 0 Å². The van der Waals surface area contributed by atoms with Crippen molar-refractivity contribution in [1.82, 2.24) is 9.97 Å². The van der Waals surface area contributed by atoms with Crippen LogP contribution in [0.15, 0.2) is 54.6 Å². The Balaban J connectivity index is 0.00000103. The van der Waals surface area contributed by atoms with E-state index in [9.17, 15) is 0 Å². The first-order valence-electron chi connectivity index (χ1n) is 10.6. The average Bonchev–Trinajstić information content (AvgIpc) is 2.78. The van der Waals surface area contributed by atoms with Crippen LogP contribution in [0.25, 0.3) is 11.3 Å². The van der Waals surface area contributed by atoms with Gasteiger partial charge in [0.05, 0.1) is 0 Å². The standard InChI is InChI=1S/C20H16N2.3C2H6.Pt/c1-5-15-13-16(6-1)20-12-4-10-18(22-20)9-2-7-17-8-3-11-19(14-15)21-17;3*1-2;/h1-6,8,10-12H,7,9,14H2;3*1-2H3;/q-2;;;;+2. The van der Waals surface area contributed by atoms with Crippen LogP contribution in [0.1, 0.15) is 64.2 Å². The zero-order valence-electron chi connectivity index (χ0n) is 18.6. The van der Waals surface area contributed by atoms with Gasteiger partial charge in [0.1, 0.15) is 0 Å². The molecule has 158 valence electrons. The Bertz CT molecular complexity index is 815. The average molecular weight is 570 g/mol. The molecule has 0 amide bonds. The van der Waals surface area contributed by atoms with Gasteiger partial charge in [-0.25, -0.2) is 0 Å². The van der Waals surface area contributed by atoms with E-state index in [0.29, 0.717) is 0 Å². The molecule has 0 aliphatic carbocycles. The fraction of sp³-hybridized carbons (Fsp3) is 0.346. The molecule has 29 heavy (non-hydrogen) atoms. The van der Waals surface area contributed by atoms with Gasteiger partial charge >= 0.3 is 21.1 Å². The number of hydrogen-bond donors (Lipinski definition) is 0. The van der Waals surface area contributed by atoms with Gasteiger partial charge < -0.3 is 11.4 Å². The minimum absolute atomic E-state index is 0. The normalized spacial score (nSPS) is 11.0. The third-order valence-electron chi connectivity index (χ3n) is 3.88. The first-order valence-corrected chi connectivity index (χ1v) is 10.6. The van der Waals surface area contributed by atoms with Crippen LogP contribution in [0, 0.1) is 12.5 Å². The first-order chi connectivity index (χ1) is 13.9. The maximum Gasteiger partial charge on any atom is 2.00 e. The molecule has 0 atom stereocenters. The fourth-order valence-corrected chi connectivity index (χ4v) is 2.82. The number of rotatable bonds is 0. The van der Waals surface area contributed by atoms with Gasteiger partial charge in [-0.05, 0) is 30.3 Å². The Kier molecular flexibility index (Phi) is 15.1. The molecule has 4 rings (SSSR count). The number of fused-ring (bicyclic) bond motifs is 7. The minimum Gasteiger partial charge on any atom is -0.317 e. The molecule has 0 saturated carbocycles. The van der Waals surface area contributed by atoms with Gasteiger partial charge in [-0.1, -0.05) is 59.7 Å². The quantitative estimate of drug-likeness (QED) is 0.275. The number of nitrogens with zero attached hydrogens (tertiary/aromatic N) is 2. The largest absolute Gasteiger partial charge is 2.00 e. The maximum atomic E-state index is 4.76. The maximum absolute atomic E-state index is 4.76. The molecular formula is C26H34N2Pt. The summed E-state index contributed by atoms with van der Waals surface area (Å²) < 4.78 is 0. The first kappa shape index (κ1) is 27.2. The van der Waals surface area contributed by atoms with Crippen molar-refractivity contribution < 1.29 is 21.1 Å². The number of pyridine rings is 2. The molecule has 3 heterocycles. The van der Waals surface area contributed by atoms with Crippen molar-refractivity contribution in [2.24, 2.45) is 0 Å². The van der Waals surface area contributed by atoms with E-state index in [-0.39, 0.29) is 21.1 Å². The zero-order chi connectivity index (χ0) is 20.8. The summed E-state index contributed by atoms with van der Waals surface area (Å²) in [5.41, 5.74) is 6.49. The van der Waals surface area contributed by atoms with Crippen molar-refractivity contribution in [3.8, 4) is 11.3 Å². The zero-order valence-corrected chi connectivity index (χ0v) is 20.9. The van der Waals surface area contributed by atoms with E-state index in [1.807, 2.05) is 41.5 Å². The van der Waals surface area contributed by atoms with Crippen molar-refractivity contribution in [2.75, 3.05) is 0 Å².